The van der Waals surface area contributed by atoms with Crippen molar-refractivity contribution < 1.29 is 9.53 Å². The SMILES string of the molecule is CC(C)(C)c1nc(CN2CCCN(C(=O)COc3ccc(Br)cc3)CC2)cs1. The lowest BCUT2D eigenvalue weighted by Crippen LogP contribution is -2.38. The predicted molar refractivity (Wildman–Crippen MR) is 117 cm³/mol. The Kier molecular flexibility index (Phi) is 7.12. The largest absolute Gasteiger partial charge is 0.484 e. The van der Waals surface area contributed by atoms with Gasteiger partial charge in [0, 0.05) is 48.0 Å². The quantitative estimate of drug-likeness (QED) is 0.659. The van der Waals surface area contributed by atoms with Gasteiger partial charge in [-0.3, -0.25) is 9.69 Å². The molecule has 1 aliphatic heterocycles. The number of halogens is 1. The zero-order valence-electron chi connectivity index (χ0n) is 16.8. The Morgan fingerprint density at radius 1 is 1.18 bits per heavy atom. The Morgan fingerprint density at radius 2 is 1.93 bits per heavy atom. The second kappa shape index (κ2) is 9.37. The van der Waals surface area contributed by atoms with Gasteiger partial charge in [0.1, 0.15) is 5.75 Å². The summed E-state index contributed by atoms with van der Waals surface area (Å²) in [4.78, 5) is 21.6. The van der Waals surface area contributed by atoms with E-state index in [1.165, 1.54) is 5.01 Å². The maximum absolute atomic E-state index is 12.5. The molecule has 1 saturated heterocycles. The number of rotatable bonds is 5. The fraction of sp³-hybridized carbons (Fsp3) is 0.524. The first-order valence-electron chi connectivity index (χ1n) is 9.64. The molecule has 1 aliphatic rings. The number of aromatic nitrogens is 1. The van der Waals surface area contributed by atoms with E-state index in [0.717, 1.165) is 49.3 Å². The molecule has 0 aliphatic carbocycles. The third kappa shape index (κ3) is 6.03. The first-order valence-corrected chi connectivity index (χ1v) is 11.3. The summed E-state index contributed by atoms with van der Waals surface area (Å²) in [6, 6.07) is 7.54. The second-order valence-electron chi connectivity index (χ2n) is 8.15. The summed E-state index contributed by atoms with van der Waals surface area (Å²) in [7, 11) is 0. The maximum atomic E-state index is 12.5. The molecule has 152 valence electrons. The van der Waals surface area contributed by atoms with Crippen LogP contribution >= 0.6 is 27.3 Å². The molecule has 28 heavy (non-hydrogen) atoms. The molecular formula is C21H28BrN3O2S. The molecular weight excluding hydrogens is 438 g/mol. The van der Waals surface area contributed by atoms with Crippen LogP contribution in [-0.4, -0.2) is 53.5 Å². The topological polar surface area (TPSA) is 45.7 Å². The van der Waals surface area contributed by atoms with E-state index in [9.17, 15) is 4.79 Å². The van der Waals surface area contributed by atoms with Gasteiger partial charge in [-0.25, -0.2) is 4.98 Å². The summed E-state index contributed by atoms with van der Waals surface area (Å²) >= 11 is 5.14. The fourth-order valence-electron chi connectivity index (χ4n) is 3.10. The van der Waals surface area contributed by atoms with Gasteiger partial charge < -0.3 is 9.64 Å². The average molecular weight is 466 g/mol. The number of carbonyl (C=O) groups excluding carboxylic acids is 1. The first-order chi connectivity index (χ1) is 13.3. The van der Waals surface area contributed by atoms with E-state index in [1.54, 1.807) is 11.3 Å². The Morgan fingerprint density at radius 3 is 2.61 bits per heavy atom. The monoisotopic (exact) mass is 465 g/mol. The van der Waals surface area contributed by atoms with E-state index in [4.69, 9.17) is 9.72 Å². The number of thiazole rings is 1. The Labute approximate surface area is 179 Å². The molecule has 0 radical (unpaired) electrons. The van der Waals surface area contributed by atoms with Crippen LogP contribution in [0, 0.1) is 0 Å². The van der Waals surface area contributed by atoms with Gasteiger partial charge in [-0.15, -0.1) is 11.3 Å². The molecule has 0 atom stereocenters. The summed E-state index contributed by atoms with van der Waals surface area (Å²) in [6.07, 6.45) is 0.973. The van der Waals surface area contributed by atoms with Crippen LogP contribution in [0.3, 0.4) is 0 Å². The molecule has 5 nitrogen and oxygen atoms in total. The average Bonchev–Trinajstić information content (AvgIpc) is 3.00. The smallest absolute Gasteiger partial charge is 0.260 e. The van der Waals surface area contributed by atoms with E-state index in [1.807, 2.05) is 29.2 Å². The minimum atomic E-state index is 0.0495. The van der Waals surface area contributed by atoms with E-state index in [2.05, 4.69) is 47.0 Å². The van der Waals surface area contributed by atoms with Crippen molar-refractivity contribution in [3.8, 4) is 5.75 Å². The van der Waals surface area contributed by atoms with Crippen molar-refractivity contribution in [1.29, 1.82) is 0 Å². The maximum Gasteiger partial charge on any atom is 0.260 e. The van der Waals surface area contributed by atoms with Crippen molar-refractivity contribution in [1.82, 2.24) is 14.8 Å². The zero-order chi connectivity index (χ0) is 20.1. The van der Waals surface area contributed by atoms with Gasteiger partial charge in [-0.05, 0) is 30.7 Å². The van der Waals surface area contributed by atoms with E-state index >= 15 is 0 Å². The fourth-order valence-corrected chi connectivity index (χ4v) is 4.26. The van der Waals surface area contributed by atoms with Crippen molar-refractivity contribution >= 4 is 33.2 Å². The van der Waals surface area contributed by atoms with Crippen LogP contribution in [0.25, 0.3) is 0 Å². The second-order valence-corrected chi connectivity index (χ2v) is 9.92. The van der Waals surface area contributed by atoms with E-state index < -0.39 is 0 Å². The van der Waals surface area contributed by atoms with Crippen LogP contribution in [0.15, 0.2) is 34.1 Å². The number of amides is 1. The van der Waals surface area contributed by atoms with Gasteiger partial charge in [0.15, 0.2) is 6.61 Å². The Bertz CT molecular complexity index is 786. The third-order valence-electron chi connectivity index (χ3n) is 4.70. The Balaban J connectivity index is 1.48. The van der Waals surface area contributed by atoms with Crippen molar-refractivity contribution in [3.63, 3.8) is 0 Å². The van der Waals surface area contributed by atoms with Crippen LogP contribution < -0.4 is 4.74 Å². The van der Waals surface area contributed by atoms with E-state index in [-0.39, 0.29) is 17.9 Å². The van der Waals surface area contributed by atoms with Crippen LogP contribution in [0.5, 0.6) is 5.75 Å². The number of hydrogen-bond acceptors (Lipinski definition) is 5. The number of ether oxygens (including phenoxy) is 1. The molecule has 0 unspecified atom stereocenters. The summed E-state index contributed by atoms with van der Waals surface area (Å²) in [6.45, 7) is 10.9. The molecule has 1 aromatic carbocycles. The number of nitrogens with zero attached hydrogens (tertiary/aromatic N) is 3. The lowest BCUT2D eigenvalue weighted by atomic mass is 9.98. The van der Waals surface area contributed by atoms with Crippen LogP contribution in [-0.2, 0) is 16.8 Å². The van der Waals surface area contributed by atoms with Crippen molar-refractivity contribution in [2.75, 3.05) is 32.8 Å². The minimum Gasteiger partial charge on any atom is -0.484 e. The van der Waals surface area contributed by atoms with Gasteiger partial charge in [-0.2, -0.15) is 0 Å². The highest BCUT2D eigenvalue weighted by molar-refractivity contribution is 9.10. The highest BCUT2D eigenvalue weighted by atomic mass is 79.9. The highest BCUT2D eigenvalue weighted by Crippen LogP contribution is 2.26. The van der Waals surface area contributed by atoms with Gasteiger partial charge in [0.25, 0.3) is 5.91 Å². The Hall–Kier alpha value is -1.44. The standard InChI is InChI=1S/C21H28BrN3O2S/c1-21(2,3)20-23-17(15-28-20)13-24-9-4-10-25(12-11-24)19(26)14-27-18-7-5-16(22)6-8-18/h5-8,15H,4,9-14H2,1-3H3. The lowest BCUT2D eigenvalue weighted by Gasteiger charge is -2.21. The zero-order valence-corrected chi connectivity index (χ0v) is 19.2. The molecule has 1 fully saturated rings. The minimum absolute atomic E-state index is 0.0495. The summed E-state index contributed by atoms with van der Waals surface area (Å²) in [5.74, 6) is 0.764. The predicted octanol–water partition coefficient (Wildman–Crippen LogP) is 4.32. The van der Waals surface area contributed by atoms with Crippen molar-refractivity contribution in [3.05, 3.63) is 44.8 Å². The van der Waals surface area contributed by atoms with Crippen molar-refractivity contribution in [2.24, 2.45) is 0 Å². The molecule has 0 N–H and O–H groups in total. The summed E-state index contributed by atoms with van der Waals surface area (Å²) in [5.41, 5.74) is 1.23. The molecule has 0 spiro atoms. The normalized spacial score (nSPS) is 16.1. The number of carbonyl (C=O) groups is 1. The van der Waals surface area contributed by atoms with Gasteiger partial charge in [-0.1, -0.05) is 36.7 Å². The number of benzene rings is 1. The lowest BCUT2D eigenvalue weighted by molar-refractivity contribution is -0.133. The molecule has 2 aromatic rings. The van der Waals surface area contributed by atoms with Crippen LogP contribution in [0.4, 0.5) is 0 Å². The molecule has 2 heterocycles. The van der Waals surface area contributed by atoms with Gasteiger partial charge in [0.05, 0.1) is 10.7 Å². The van der Waals surface area contributed by atoms with E-state index in [0.29, 0.717) is 5.75 Å². The van der Waals surface area contributed by atoms with Gasteiger partial charge >= 0.3 is 0 Å². The molecule has 0 bridgehead atoms. The van der Waals surface area contributed by atoms with Crippen LogP contribution in [0.1, 0.15) is 37.9 Å². The molecule has 0 saturated carbocycles. The summed E-state index contributed by atoms with van der Waals surface area (Å²) < 4.78 is 6.63. The highest BCUT2D eigenvalue weighted by Gasteiger charge is 2.22. The molecule has 7 heteroatoms. The number of hydrogen-bond donors (Lipinski definition) is 0. The first kappa shape index (κ1) is 21.3. The summed E-state index contributed by atoms with van der Waals surface area (Å²) in [5, 5.41) is 3.35. The van der Waals surface area contributed by atoms with Crippen LogP contribution in [0.2, 0.25) is 0 Å². The molecule has 3 rings (SSSR count). The van der Waals surface area contributed by atoms with Crippen molar-refractivity contribution in [2.45, 2.75) is 39.2 Å². The molecule has 1 amide bonds. The van der Waals surface area contributed by atoms with Gasteiger partial charge in [0.2, 0.25) is 0 Å². The third-order valence-corrected chi connectivity index (χ3v) is 6.54. The molecule has 1 aromatic heterocycles.